The molecule has 0 amide bonds. The first kappa shape index (κ1) is 14.3. The molecule has 5 nitrogen and oxygen atoms in total. The van der Waals surface area contributed by atoms with Gasteiger partial charge in [-0.15, -0.1) is 0 Å². The summed E-state index contributed by atoms with van der Waals surface area (Å²) in [7, 11) is 1.66. The van der Waals surface area contributed by atoms with E-state index in [4.69, 9.17) is 15.2 Å². The maximum atomic E-state index is 11.6. The Kier molecular flexibility index (Phi) is 6.00. The number of hydrogen-bond acceptors (Lipinski definition) is 5. The quantitative estimate of drug-likeness (QED) is 0.440. The highest BCUT2D eigenvalue weighted by Crippen LogP contribution is 2.20. The number of hydrogen-bond donors (Lipinski definition) is 2. The zero-order valence-electron chi connectivity index (χ0n) is 10.9. The fourth-order valence-electron chi connectivity index (χ4n) is 1.49. The van der Waals surface area contributed by atoms with Crippen molar-refractivity contribution in [3.05, 3.63) is 23.8 Å². The zero-order valence-corrected chi connectivity index (χ0v) is 10.9. The van der Waals surface area contributed by atoms with Gasteiger partial charge in [0.15, 0.2) is 0 Å². The molecule has 0 aromatic heterocycles. The van der Waals surface area contributed by atoms with E-state index in [9.17, 15) is 4.79 Å². The van der Waals surface area contributed by atoms with Gasteiger partial charge in [-0.1, -0.05) is 0 Å². The van der Waals surface area contributed by atoms with E-state index >= 15 is 0 Å². The third-order valence-corrected chi connectivity index (χ3v) is 2.41. The van der Waals surface area contributed by atoms with Crippen LogP contribution in [0.15, 0.2) is 18.2 Å². The van der Waals surface area contributed by atoms with E-state index in [1.165, 1.54) is 0 Å². The number of benzene rings is 1. The number of anilines is 2. The summed E-state index contributed by atoms with van der Waals surface area (Å²) in [5, 5.41) is 3.17. The summed E-state index contributed by atoms with van der Waals surface area (Å²) in [5.41, 5.74) is 7.69. The Bertz CT molecular complexity index is 394. The molecule has 5 heteroatoms. The number of methoxy groups -OCH3 is 1. The van der Waals surface area contributed by atoms with E-state index in [2.05, 4.69) is 5.32 Å². The van der Waals surface area contributed by atoms with E-state index in [0.717, 1.165) is 18.7 Å². The second-order valence-electron chi connectivity index (χ2n) is 3.80. The number of ether oxygens (including phenoxy) is 2. The lowest BCUT2D eigenvalue weighted by Gasteiger charge is -2.10. The van der Waals surface area contributed by atoms with Crippen LogP contribution in [0.2, 0.25) is 0 Å². The maximum Gasteiger partial charge on any atom is 0.338 e. The van der Waals surface area contributed by atoms with Crippen molar-refractivity contribution < 1.29 is 14.3 Å². The Labute approximate surface area is 107 Å². The smallest absolute Gasteiger partial charge is 0.338 e. The molecule has 0 bridgehead atoms. The van der Waals surface area contributed by atoms with Crippen molar-refractivity contribution in [1.29, 1.82) is 0 Å². The summed E-state index contributed by atoms with van der Waals surface area (Å²) < 4.78 is 9.90. The maximum absolute atomic E-state index is 11.6. The molecule has 0 aliphatic carbocycles. The van der Waals surface area contributed by atoms with Gasteiger partial charge >= 0.3 is 5.97 Å². The van der Waals surface area contributed by atoms with E-state index in [1.807, 2.05) is 0 Å². The molecule has 0 aliphatic heterocycles. The van der Waals surface area contributed by atoms with Gasteiger partial charge < -0.3 is 20.5 Å². The molecule has 0 saturated heterocycles. The summed E-state index contributed by atoms with van der Waals surface area (Å²) >= 11 is 0. The highest BCUT2D eigenvalue weighted by Gasteiger charge is 2.08. The van der Waals surface area contributed by atoms with Crippen LogP contribution >= 0.6 is 0 Å². The van der Waals surface area contributed by atoms with Gasteiger partial charge in [-0.05, 0) is 31.5 Å². The number of esters is 1. The largest absolute Gasteiger partial charge is 0.462 e. The minimum atomic E-state index is -0.336. The summed E-state index contributed by atoms with van der Waals surface area (Å²) in [4.78, 5) is 11.6. The Morgan fingerprint density at radius 2 is 2.22 bits per heavy atom. The predicted molar refractivity (Wildman–Crippen MR) is 71.8 cm³/mol. The molecule has 0 atom stereocenters. The number of nitrogens with two attached hydrogens (primary N) is 1. The van der Waals surface area contributed by atoms with Crippen LogP contribution in [-0.2, 0) is 9.47 Å². The van der Waals surface area contributed by atoms with Crippen molar-refractivity contribution in [2.75, 3.05) is 37.9 Å². The molecule has 0 aliphatic rings. The Morgan fingerprint density at radius 1 is 1.44 bits per heavy atom. The molecule has 0 radical (unpaired) electrons. The first-order valence-corrected chi connectivity index (χ1v) is 5.98. The molecular formula is C13H20N2O3. The summed E-state index contributed by atoms with van der Waals surface area (Å²) in [5.74, 6) is -0.336. The van der Waals surface area contributed by atoms with Crippen LogP contribution in [0, 0.1) is 0 Å². The van der Waals surface area contributed by atoms with Crippen LogP contribution in [0.3, 0.4) is 0 Å². The first-order valence-electron chi connectivity index (χ1n) is 5.98. The predicted octanol–water partition coefficient (Wildman–Crippen LogP) is 1.89. The minimum absolute atomic E-state index is 0.336. The van der Waals surface area contributed by atoms with Crippen molar-refractivity contribution in [3.8, 4) is 0 Å². The van der Waals surface area contributed by atoms with Gasteiger partial charge in [-0.25, -0.2) is 4.79 Å². The molecule has 1 aromatic rings. The number of carbonyl (C=O) groups excluding carboxylic acids is 1. The number of carbonyl (C=O) groups is 1. The van der Waals surface area contributed by atoms with E-state index < -0.39 is 0 Å². The highest BCUT2D eigenvalue weighted by atomic mass is 16.5. The monoisotopic (exact) mass is 252 g/mol. The Hall–Kier alpha value is -1.75. The van der Waals surface area contributed by atoms with Crippen LogP contribution in [0.5, 0.6) is 0 Å². The van der Waals surface area contributed by atoms with Crippen LogP contribution < -0.4 is 11.1 Å². The molecule has 0 fully saturated rings. The van der Waals surface area contributed by atoms with Crippen molar-refractivity contribution in [3.63, 3.8) is 0 Å². The van der Waals surface area contributed by atoms with Gasteiger partial charge in [0, 0.05) is 20.3 Å². The second-order valence-corrected chi connectivity index (χ2v) is 3.80. The molecule has 0 saturated carbocycles. The summed E-state index contributed by atoms with van der Waals surface area (Å²) in [6.45, 7) is 3.56. The van der Waals surface area contributed by atoms with Crippen molar-refractivity contribution >= 4 is 17.3 Å². The third kappa shape index (κ3) is 4.25. The van der Waals surface area contributed by atoms with Gasteiger partial charge in [0.1, 0.15) is 0 Å². The van der Waals surface area contributed by atoms with Gasteiger partial charge in [-0.2, -0.15) is 0 Å². The Morgan fingerprint density at radius 3 is 2.89 bits per heavy atom. The van der Waals surface area contributed by atoms with Gasteiger partial charge in [0.05, 0.1) is 23.5 Å². The van der Waals surface area contributed by atoms with E-state index in [0.29, 0.717) is 24.5 Å². The molecule has 0 spiro atoms. The van der Waals surface area contributed by atoms with Crippen LogP contribution in [-0.4, -0.2) is 32.8 Å². The Balaban J connectivity index is 2.66. The topological polar surface area (TPSA) is 73.6 Å². The van der Waals surface area contributed by atoms with Crippen LogP contribution in [0.1, 0.15) is 23.7 Å². The molecule has 1 aromatic carbocycles. The highest BCUT2D eigenvalue weighted by molar-refractivity contribution is 5.92. The van der Waals surface area contributed by atoms with Crippen molar-refractivity contribution in [1.82, 2.24) is 0 Å². The normalized spacial score (nSPS) is 10.1. The van der Waals surface area contributed by atoms with Crippen molar-refractivity contribution in [2.45, 2.75) is 13.3 Å². The SMILES string of the molecule is CCOC(=O)c1ccc(N)c(NCCCOC)c1. The molecular weight excluding hydrogens is 232 g/mol. The number of nitrogens with one attached hydrogen (secondary N) is 1. The first-order chi connectivity index (χ1) is 8.69. The average molecular weight is 252 g/mol. The number of nitrogen functional groups attached to an aromatic ring is 1. The van der Waals surface area contributed by atoms with Gasteiger partial charge in [-0.3, -0.25) is 0 Å². The summed E-state index contributed by atoms with van der Waals surface area (Å²) in [6, 6.07) is 5.07. The zero-order chi connectivity index (χ0) is 13.4. The van der Waals surface area contributed by atoms with Crippen molar-refractivity contribution in [2.24, 2.45) is 0 Å². The number of rotatable bonds is 7. The lowest BCUT2D eigenvalue weighted by Crippen LogP contribution is -2.09. The van der Waals surface area contributed by atoms with Crippen LogP contribution in [0.4, 0.5) is 11.4 Å². The molecule has 18 heavy (non-hydrogen) atoms. The minimum Gasteiger partial charge on any atom is -0.462 e. The van der Waals surface area contributed by atoms with Gasteiger partial charge in [0.2, 0.25) is 0 Å². The van der Waals surface area contributed by atoms with E-state index in [-0.39, 0.29) is 5.97 Å². The van der Waals surface area contributed by atoms with E-state index in [1.54, 1.807) is 32.2 Å². The fraction of sp³-hybridized carbons (Fsp3) is 0.462. The second kappa shape index (κ2) is 7.55. The molecule has 1 rings (SSSR count). The standard InChI is InChI=1S/C13H20N2O3/c1-3-18-13(16)10-5-6-11(14)12(9-10)15-7-4-8-17-2/h5-6,9,15H,3-4,7-8,14H2,1-2H3. The van der Waals surface area contributed by atoms with Gasteiger partial charge in [0.25, 0.3) is 0 Å². The lowest BCUT2D eigenvalue weighted by atomic mass is 10.1. The fourth-order valence-corrected chi connectivity index (χ4v) is 1.49. The third-order valence-electron chi connectivity index (χ3n) is 2.41. The molecule has 100 valence electrons. The molecule has 3 N–H and O–H groups in total. The molecule has 0 unspecified atom stereocenters. The van der Waals surface area contributed by atoms with Crippen LogP contribution in [0.25, 0.3) is 0 Å². The summed E-state index contributed by atoms with van der Waals surface area (Å²) in [6.07, 6.45) is 0.875. The molecule has 0 heterocycles. The average Bonchev–Trinajstić information content (AvgIpc) is 2.37. The lowest BCUT2D eigenvalue weighted by molar-refractivity contribution is 0.0526.